The lowest BCUT2D eigenvalue weighted by Crippen LogP contribution is -2.43. The molecule has 0 aliphatic carbocycles. The van der Waals surface area contributed by atoms with Gasteiger partial charge in [-0.2, -0.15) is 0 Å². The molecule has 20 heavy (non-hydrogen) atoms. The molecule has 1 heterocycles. The monoisotopic (exact) mass is 277 g/mol. The standard InChI is InChI=1S/C13H15N3O4/c1-9-8-15(6-5-12(9)14-18)13(17)10-3-2-4-11(7-10)16(19)20/h2-4,7,9,18H,5-6,8H2,1H3/b14-12+. The summed E-state index contributed by atoms with van der Waals surface area (Å²) in [5.41, 5.74) is 0.877. The number of likely N-dealkylation sites (tertiary alicyclic amines) is 1. The van der Waals surface area contributed by atoms with Crippen LogP contribution in [0.4, 0.5) is 5.69 Å². The first kappa shape index (κ1) is 14.0. The number of rotatable bonds is 2. The highest BCUT2D eigenvalue weighted by molar-refractivity contribution is 5.96. The number of amides is 1. The number of nitro benzene ring substituents is 1. The molecule has 7 nitrogen and oxygen atoms in total. The highest BCUT2D eigenvalue weighted by Gasteiger charge is 2.27. The molecule has 0 aromatic heterocycles. The van der Waals surface area contributed by atoms with E-state index >= 15 is 0 Å². The quantitative estimate of drug-likeness (QED) is 0.507. The number of piperidine rings is 1. The van der Waals surface area contributed by atoms with E-state index in [1.807, 2.05) is 6.92 Å². The van der Waals surface area contributed by atoms with Gasteiger partial charge >= 0.3 is 0 Å². The number of benzene rings is 1. The Balaban J connectivity index is 2.16. The summed E-state index contributed by atoms with van der Waals surface area (Å²) in [6.45, 7) is 2.77. The first-order valence-electron chi connectivity index (χ1n) is 6.27. The van der Waals surface area contributed by atoms with Crippen LogP contribution in [0, 0.1) is 16.0 Å². The van der Waals surface area contributed by atoms with E-state index in [0.717, 1.165) is 0 Å². The topological polar surface area (TPSA) is 96.0 Å². The Morgan fingerprint density at radius 1 is 1.55 bits per heavy atom. The molecular formula is C13H15N3O4. The van der Waals surface area contributed by atoms with E-state index in [4.69, 9.17) is 5.21 Å². The fourth-order valence-corrected chi connectivity index (χ4v) is 2.29. The van der Waals surface area contributed by atoms with Crippen LogP contribution >= 0.6 is 0 Å². The fourth-order valence-electron chi connectivity index (χ4n) is 2.29. The number of nitrogens with zero attached hydrogens (tertiary/aromatic N) is 3. The number of hydrogen-bond donors (Lipinski definition) is 1. The van der Waals surface area contributed by atoms with Crippen LogP contribution in [0.1, 0.15) is 23.7 Å². The molecule has 1 atom stereocenters. The average Bonchev–Trinajstić information content (AvgIpc) is 2.46. The third-order valence-corrected chi connectivity index (χ3v) is 3.42. The second-order valence-electron chi connectivity index (χ2n) is 4.80. The number of hydrogen-bond acceptors (Lipinski definition) is 5. The maximum absolute atomic E-state index is 12.3. The summed E-state index contributed by atoms with van der Waals surface area (Å²) in [4.78, 5) is 24.1. The molecule has 0 spiro atoms. The van der Waals surface area contributed by atoms with Gasteiger partial charge in [-0.25, -0.2) is 0 Å². The van der Waals surface area contributed by atoms with Gasteiger partial charge < -0.3 is 10.1 Å². The van der Waals surface area contributed by atoms with Gasteiger partial charge in [-0.1, -0.05) is 18.1 Å². The molecule has 0 saturated carbocycles. The molecule has 1 N–H and O–H groups in total. The van der Waals surface area contributed by atoms with E-state index < -0.39 is 4.92 Å². The zero-order chi connectivity index (χ0) is 14.7. The second kappa shape index (κ2) is 5.68. The lowest BCUT2D eigenvalue weighted by atomic mass is 9.97. The summed E-state index contributed by atoms with van der Waals surface area (Å²) in [5.74, 6) is -0.256. The molecule has 106 valence electrons. The first-order chi connectivity index (χ1) is 9.52. The highest BCUT2D eigenvalue weighted by Crippen LogP contribution is 2.19. The minimum atomic E-state index is -0.522. The third-order valence-electron chi connectivity index (χ3n) is 3.42. The van der Waals surface area contributed by atoms with E-state index in [9.17, 15) is 14.9 Å². The molecule has 1 aliphatic heterocycles. The van der Waals surface area contributed by atoms with Gasteiger partial charge in [-0.15, -0.1) is 0 Å². The van der Waals surface area contributed by atoms with Crippen LogP contribution in [-0.2, 0) is 0 Å². The smallest absolute Gasteiger partial charge is 0.270 e. The number of oxime groups is 1. The summed E-state index contributed by atoms with van der Waals surface area (Å²) in [5, 5.41) is 22.8. The molecular weight excluding hydrogens is 262 g/mol. The van der Waals surface area contributed by atoms with Crippen LogP contribution in [0.3, 0.4) is 0 Å². The predicted octanol–water partition coefficient (Wildman–Crippen LogP) is 1.91. The molecule has 1 amide bonds. The maximum atomic E-state index is 12.3. The molecule has 0 bridgehead atoms. The number of carbonyl (C=O) groups excluding carboxylic acids is 1. The van der Waals surface area contributed by atoms with Crippen molar-refractivity contribution in [2.24, 2.45) is 11.1 Å². The largest absolute Gasteiger partial charge is 0.411 e. The van der Waals surface area contributed by atoms with Crippen molar-refractivity contribution in [1.29, 1.82) is 0 Å². The van der Waals surface area contributed by atoms with E-state index in [1.54, 1.807) is 11.0 Å². The van der Waals surface area contributed by atoms with E-state index in [2.05, 4.69) is 5.16 Å². The zero-order valence-corrected chi connectivity index (χ0v) is 11.0. The Morgan fingerprint density at radius 2 is 2.30 bits per heavy atom. The second-order valence-corrected chi connectivity index (χ2v) is 4.80. The van der Waals surface area contributed by atoms with Crippen LogP contribution in [0.25, 0.3) is 0 Å². The molecule has 1 aromatic rings. The maximum Gasteiger partial charge on any atom is 0.270 e. The Bertz CT molecular complexity index is 570. The van der Waals surface area contributed by atoms with Crippen molar-refractivity contribution in [2.75, 3.05) is 13.1 Å². The molecule has 1 aliphatic rings. The molecule has 1 fully saturated rings. The lowest BCUT2D eigenvalue weighted by Gasteiger charge is -2.31. The molecule has 7 heteroatoms. The normalized spacial score (nSPS) is 20.9. The molecule has 2 rings (SSSR count). The molecule has 1 unspecified atom stereocenters. The van der Waals surface area contributed by atoms with Crippen molar-refractivity contribution in [3.63, 3.8) is 0 Å². The SMILES string of the molecule is CC1CN(C(=O)c2cccc([N+](=O)[O-])c2)CC/C1=N\O. The Kier molecular flexibility index (Phi) is 3.97. The number of nitro groups is 1. The number of non-ortho nitro benzene ring substituents is 1. The van der Waals surface area contributed by atoms with Gasteiger partial charge in [0.05, 0.1) is 10.6 Å². The Morgan fingerprint density at radius 3 is 2.90 bits per heavy atom. The van der Waals surface area contributed by atoms with Crippen LogP contribution in [0.15, 0.2) is 29.4 Å². The van der Waals surface area contributed by atoms with Gasteiger partial charge in [0.25, 0.3) is 11.6 Å². The average molecular weight is 277 g/mol. The van der Waals surface area contributed by atoms with Gasteiger partial charge in [-0.3, -0.25) is 14.9 Å². The van der Waals surface area contributed by atoms with Gasteiger partial charge in [-0.05, 0) is 6.07 Å². The van der Waals surface area contributed by atoms with Gasteiger partial charge in [0.15, 0.2) is 0 Å². The summed E-state index contributed by atoms with van der Waals surface area (Å²) in [6.07, 6.45) is 0.512. The van der Waals surface area contributed by atoms with Gasteiger partial charge in [0.2, 0.25) is 0 Å². The van der Waals surface area contributed by atoms with Crippen molar-refractivity contribution >= 4 is 17.3 Å². The third kappa shape index (κ3) is 2.76. The van der Waals surface area contributed by atoms with E-state index in [1.165, 1.54) is 18.2 Å². The van der Waals surface area contributed by atoms with E-state index in [0.29, 0.717) is 30.8 Å². The zero-order valence-electron chi connectivity index (χ0n) is 11.0. The highest BCUT2D eigenvalue weighted by atomic mass is 16.6. The van der Waals surface area contributed by atoms with Gasteiger partial charge in [0, 0.05) is 43.1 Å². The van der Waals surface area contributed by atoms with Crippen molar-refractivity contribution < 1.29 is 14.9 Å². The minimum Gasteiger partial charge on any atom is -0.411 e. The van der Waals surface area contributed by atoms with Crippen LogP contribution in [-0.4, -0.2) is 39.7 Å². The summed E-state index contributed by atoms with van der Waals surface area (Å²) in [7, 11) is 0. The summed E-state index contributed by atoms with van der Waals surface area (Å²) in [6, 6.07) is 5.70. The molecule has 1 saturated heterocycles. The number of carbonyl (C=O) groups is 1. The van der Waals surface area contributed by atoms with Crippen molar-refractivity contribution in [2.45, 2.75) is 13.3 Å². The minimum absolute atomic E-state index is 0.0172. The van der Waals surface area contributed by atoms with Crippen LogP contribution < -0.4 is 0 Å². The van der Waals surface area contributed by atoms with Crippen LogP contribution in [0.2, 0.25) is 0 Å². The Hall–Kier alpha value is -2.44. The lowest BCUT2D eigenvalue weighted by molar-refractivity contribution is -0.384. The van der Waals surface area contributed by atoms with Crippen molar-refractivity contribution in [1.82, 2.24) is 4.90 Å². The predicted molar refractivity (Wildman–Crippen MR) is 72.0 cm³/mol. The van der Waals surface area contributed by atoms with Crippen LogP contribution in [0.5, 0.6) is 0 Å². The van der Waals surface area contributed by atoms with Crippen molar-refractivity contribution in [3.05, 3.63) is 39.9 Å². The van der Waals surface area contributed by atoms with E-state index in [-0.39, 0.29) is 17.5 Å². The first-order valence-corrected chi connectivity index (χ1v) is 6.27. The van der Waals surface area contributed by atoms with Crippen molar-refractivity contribution in [3.8, 4) is 0 Å². The van der Waals surface area contributed by atoms with Gasteiger partial charge in [0.1, 0.15) is 0 Å². The Labute approximate surface area is 115 Å². The molecule has 0 radical (unpaired) electrons. The molecule has 1 aromatic carbocycles. The summed E-state index contributed by atoms with van der Waals surface area (Å²) < 4.78 is 0. The fraction of sp³-hybridized carbons (Fsp3) is 0.385. The summed E-state index contributed by atoms with van der Waals surface area (Å²) >= 11 is 0.